The van der Waals surface area contributed by atoms with E-state index in [0.29, 0.717) is 41.0 Å². The summed E-state index contributed by atoms with van der Waals surface area (Å²) in [7, 11) is 1.58. The van der Waals surface area contributed by atoms with Gasteiger partial charge in [-0.25, -0.2) is 4.39 Å². The SMILES string of the molecule is COCC(C)NC(=O)c1cc(C2=NOC(c3ccccn3)C2)cc(-c2ccc(C)cc2F)c1. The lowest BCUT2D eigenvalue weighted by Crippen LogP contribution is -2.35. The molecule has 3 aromatic rings. The summed E-state index contributed by atoms with van der Waals surface area (Å²) in [6, 6.07) is 15.8. The number of carbonyl (C=O) groups excluding carboxylic acids is 1. The molecule has 2 unspecified atom stereocenters. The van der Waals surface area contributed by atoms with E-state index in [0.717, 1.165) is 11.3 Å². The summed E-state index contributed by atoms with van der Waals surface area (Å²) in [5, 5.41) is 7.17. The minimum Gasteiger partial charge on any atom is -0.385 e. The number of methoxy groups -OCH3 is 1. The number of aryl methyl sites for hydroxylation is 1. The molecule has 170 valence electrons. The maximum Gasteiger partial charge on any atom is 0.251 e. The highest BCUT2D eigenvalue weighted by atomic mass is 19.1. The molecule has 0 radical (unpaired) electrons. The number of nitrogens with zero attached hydrogens (tertiary/aromatic N) is 2. The number of ether oxygens (including phenoxy) is 1. The van der Waals surface area contributed by atoms with Crippen molar-refractivity contribution < 1.29 is 18.8 Å². The van der Waals surface area contributed by atoms with E-state index in [2.05, 4.69) is 15.5 Å². The minimum absolute atomic E-state index is 0.175. The summed E-state index contributed by atoms with van der Waals surface area (Å²) in [4.78, 5) is 22.9. The summed E-state index contributed by atoms with van der Waals surface area (Å²) >= 11 is 0. The fraction of sp³-hybridized carbons (Fsp3) is 0.269. The molecule has 6 nitrogen and oxygen atoms in total. The van der Waals surface area contributed by atoms with Gasteiger partial charge in [-0.3, -0.25) is 9.78 Å². The van der Waals surface area contributed by atoms with E-state index in [-0.39, 0.29) is 23.9 Å². The Kier molecular flexibility index (Phi) is 6.79. The van der Waals surface area contributed by atoms with Gasteiger partial charge in [-0.1, -0.05) is 23.4 Å². The Labute approximate surface area is 192 Å². The molecular weight excluding hydrogens is 421 g/mol. The number of oxime groups is 1. The largest absolute Gasteiger partial charge is 0.385 e. The van der Waals surface area contributed by atoms with Crippen LogP contribution in [0, 0.1) is 12.7 Å². The Morgan fingerprint density at radius 2 is 2.03 bits per heavy atom. The van der Waals surface area contributed by atoms with Crippen molar-refractivity contribution in [3.05, 3.63) is 89.0 Å². The lowest BCUT2D eigenvalue weighted by Gasteiger charge is -2.15. The highest BCUT2D eigenvalue weighted by Gasteiger charge is 2.26. The number of benzene rings is 2. The van der Waals surface area contributed by atoms with E-state index < -0.39 is 0 Å². The second-order valence-corrected chi connectivity index (χ2v) is 8.20. The highest BCUT2D eigenvalue weighted by Crippen LogP contribution is 2.31. The number of carbonyl (C=O) groups is 1. The van der Waals surface area contributed by atoms with E-state index in [9.17, 15) is 9.18 Å². The van der Waals surface area contributed by atoms with Gasteiger partial charge in [0.1, 0.15) is 5.82 Å². The van der Waals surface area contributed by atoms with Crippen LogP contribution in [0.5, 0.6) is 0 Å². The molecule has 7 heteroatoms. The van der Waals surface area contributed by atoms with Crippen LogP contribution in [0.3, 0.4) is 0 Å². The van der Waals surface area contributed by atoms with Crippen LogP contribution < -0.4 is 5.32 Å². The van der Waals surface area contributed by atoms with Crippen molar-refractivity contribution in [3.63, 3.8) is 0 Å². The number of halogens is 1. The third-order valence-corrected chi connectivity index (χ3v) is 5.44. The van der Waals surface area contributed by atoms with Crippen LogP contribution in [0.2, 0.25) is 0 Å². The van der Waals surface area contributed by atoms with Gasteiger partial charge < -0.3 is 14.9 Å². The zero-order valence-electron chi connectivity index (χ0n) is 18.8. The van der Waals surface area contributed by atoms with Gasteiger partial charge in [0.15, 0.2) is 6.10 Å². The Hall–Kier alpha value is -3.58. The summed E-state index contributed by atoms with van der Waals surface area (Å²) in [5.74, 6) is -0.613. The van der Waals surface area contributed by atoms with Gasteiger partial charge in [-0.05, 0) is 61.4 Å². The fourth-order valence-corrected chi connectivity index (χ4v) is 3.81. The van der Waals surface area contributed by atoms with Crippen molar-refractivity contribution in [1.29, 1.82) is 0 Å². The molecule has 1 aromatic heterocycles. The number of amides is 1. The Morgan fingerprint density at radius 1 is 1.21 bits per heavy atom. The van der Waals surface area contributed by atoms with Crippen LogP contribution in [0.25, 0.3) is 11.1 Å². The van der Waals surface area contributed by atoms with Crippen molar-refractivity contribution in [2.45, 2.75) is 32.4 Å². The Morgan fingerprint density at radius 3 is 2.76 bits per heavy atom. The van der Waals surface area contributed by atoms with Crippen LogP contribution >= 0.6 is 0 Å². The van der Waals surface area contributed by atoms with Crippen molar-refractivity contribution in [2.24, 2.45) is 5.16 Å². The number of nitrogens with one attached hydrogen (secondary N) is 1. The number of pyridine rings is 1. The number of aromatic nitrogens is 1. The molecule has 2 atom stereocenters. The predicted octanol–water partition coefficient (Wildman–Crippen LogP) is 4.83. The molecule has 0 aliphatic carbocycles. The highest BCUT2D eigenvalue weighted by molar-refractivity contribution is 6.05. The summed E-state index contributed by atoms with van der Waals surface area (Å²) in [6.45, 7) is 4.08. The van der Waals surface area contributed by atoms with Gasteiger partial charge in [0.25, 0.3) is 5.91 Å². The second kappa shape index (κ2) is 9.92. The van der Waals surface area contributed by atoms with Gasteiger partial charge in [0.05, 0.1) is 18.0 Å². The van der Waals surface area contributed by atoms with Crippen LogP contribution in [0.4, 0.5) is 4.39 Å². The predicted molar refractivity (Wildman–Crippen MR) is 125 cm³/mol. The lowest BCUT2D eigenvalue weighted by molar-refractivity contribution is 0.0826. The van der Waals surface area contributed by atoms with Gasteiger partial charge in [0, 0.05) is 42.5 Å². The lowest BCUT2D eigenvalue weighted by atomic mass is 9.94. The number of hydrogen-bond donors (Lipinski definition) is 1. The first-order valence-electron chi connectivity index (χ1n) is 10.8. The monoisotopic (exact) mass is 447 g/mol. The fourth-order valence-electron chi connectivity index (χ4n) is 3.81. The molecule has 1 N–H and O–H groups in total. The third kappa shape index (κ3) is 5.26. The number of hydrogen-bond acceptors (Lipinski definition) is 5. The molecule has 1 amide bonds. The van der Waals surface area contributed by atoms with Crippen molar-refractivity contribution in [2.75, 3.05) is 13.7 Å². The maximum absolute atomic E-state index is 14.8. The summed E-state index contributed by atoms with van der Waals surface area (Å²) in [5.41, 5.74) is 4.42. The molecule has 33 heavy (non-hydrogen) atoms. The van der Waals surface area contributed by atoms with Crippen LogP contribution in [0.15, 0.2) is 65.9 Å². The molecule has 0 bridgehead atoms. The molecule has 1 aliphatic heterocycles. The van der Waals surface area contributed by atoms with Crippen molar-refractivity contribution in [3.8, 4) is 11.1 Å². The molecular formula is C26H26FN3O3. The maximum atomic E-state index is 14.8. The first-order chi connectivity index (χ1) is 15.9. The van der Waals surface area contributed by atoms with Crippen LogP contribution in [-0.4, -0.2) is 36.4 Å². The zero-order chi connectivity index (χ0) is 23.4. The molecule has 0 saturated heterocycles. The average Bonchev–Trinajstić information content (AvgIpc) is 3.30. The summed E-state index contributed by atoms with van der Waals surface area (Å²) in [6.07, 6.45) is 1.90. The van der Waals surface area contributed by atoms with Gasteiger partial charge in [-0.15, -0.1) is 0 Å². The van der Waals surface area contributed by atoms with Crippen LogP contribution in [-0.2, 0) is 9.57 Å². The molecule has 2 aromatic carbocycles. The topological polar surface area (TPSA) is 72.8 Å². The van der Waals surface area contributed by atoms with Gasteiger partial charge in [-0.2, -0.15) is 0 Å². The molecule has 2 heterocycles. The van der Waals surface area contributed by atoms with E-state index in [1.807, 2.05) is 44.2 Å². The Balaban J connectivity index is 1.69. The summed E-state index contributed by atoms with van der Waals surface area (Å²) < 4.78 is 19.9. The molecule has 0 fully saturated rings. The molecule has 0 spiro atoms. The zero-order valence-corrected chi connectivity index (χ0v) is 18.8. The van der Waals surface area contributed by atoms with E-state index in [1.165, 1.54) is 6.07 Å². The van der Waals surface area contributed by atoms with Gasteiger partial charge in [0.2, 0.25) is 0 Å². The smallest absolute Gasteiger partial charge is 0.251 e. The number of rotatable bonds is 7. The van der Waals surface area contributed by atoms with E-state index in [4.69, 9.17) is 9.57 Å². The van der Waals surface area contributed by atoms with Gasteiger partial charge >= 0.3 is 0 Å². The standard InChI is InChI=1S/C26H26FN3O3/c1-16-7-8-21(22(27)10-16)18-11-19(13-20(12-18)26(31)29-17(2)15-32-3)24-14-25(33-30-24)23-6-4-5-9-28-23/h4-13,17,25H,14-15H2,1-3H3,(H,29,31). The minimum atomic E-state index is -0.345. The van der Waals surface area contributed by atoms with Crippen molar-refractivity contribution in [1.82, 2.24) is 10.3 Å². The second-order valence-electron chi connectivity index (χ2n) is 8.20. The average molecular weight is 448 g/mol. The van der Waals surface area contributed by atoms with E-state index in [1.54, 1.807) is 31.5 Å². The normalized spacial score (nSPS) is 16.1. The van der Waals surface area contributed by atoms with Crippen LogP contribution in [0.1, 0.15) is 46.6 Å². The Bertz CT molecular complexity index is 1180. The molecule has 4 rings (SSSR count). The molecule has 0 saturated carbocycles. The first kappa shape index (κ1) is 22.6. The third-order valence-electron chi connectivity index (χ3n) is 5.44. The molecule has 1 aliphatic rings. The quantitative estimate of drug-likeness (QED) is 0.563. The first-order valence-corrected chi connectivity index (χ1v) is 10.8. The van der Waals surface area contributed by atoms with E-state index >= 15 is 0 Å². The van der Waals surface area contributed by atoms with Crippen molar-refractivity contribution >= 4 is 11.6 Å².